The van der Waals surface area contributed by atoms with Crippen molar-refractivity contribution < 1.29 is 23.5 Å². The lowest BCUT2D eigenvalue weighted by Crippen LogP contribution is -2.41. The average Bonchev–Trinajstić information content (AvgIpc) is 3.45. The Morgan fingerprint density at radius 2 is 1.72 bits per heavy atom. The fraction of sp³-hybridized carbons (Fsp3) is 0.212. The number of hydrogen-bond donors (Lipinski definition) is 0. The van der Waals surface area contributed by atoms with Gasteiger partial charge in [0.15, 0.2) is 4.80 Å². The molecular weight excluding hydrogens is 569 g/mol. The van der Waals surface area contributed by atoms with Gasteiger partial charge in [-0.2, -0.15) is 0 Å². The summed E-state index contributed by atoms with van der Waals surface area (Å²) in [6, 6.07) is 19.7. The molecule has 10 heteroatoms. The van der Waals surface area contributed by atoms with Crippen molar-refractivity contribution in [3.05, 3.63) is 126 Å². The number of allylic oxidation sites excluding steroid dienone is 1. The number of hydrogen-bond acceptors (Lipinski definition) is 7. The molecular formula is C33H28FN3O5S. The number of esters is 1. The van der Waals surface area contributed by atoms with Gasteiger partial charge in [0, 0.05) is 11.1 Å². The molecule has 3 heterocycles. The van der Waals surface area contributed by atoms with E-state index in [4.69, 9.17) is 9.47 Å². The number of para-hydroxylation sites is 1. The normalized spacial score (nSPS) is 17.1. The Balaban J connectivity index is 1.57. The first-order valence-corrected chi connectivity index (χ1v) is 14.6. The number of methoxy groups -OCH3 is 1. The number of fused-ring (bicyclic) bond motifs is 2. The summed E-state index contributed by atoms with van der Waals surface area (Å²) in [7, 11) is 1.56. The van der Waals surface area contributed by atoms with Gasteiger partial charge >= 0.3 is 5.97 Å². The van der Waals surface area contributed by atoms with Crippen molar-refractivity contribution in [3.63, 3.8) is 0 Å². The predicted octanol–water partition coefficient (Wildman–Crippen LogP) is 4.25. The zero-order valence-corrected chi connectivity index (χ0v) is 24.8. The lowest BCUT2D eigenvalue weighted by atomic mass is 9.95. The highest BCUT2D eigenvalue weighted by Crippen LogP contribution is 2.37. The molecule has 0 spiro atoms. The van der Waals surface area contributed by atoms with Gasteiger partial charge in [0.1, 0.15) is 16.1 Å². The number of nitrogens with zero attached hydrogens (tertiary/aromatic N) is 3. The molecule has 8 nitrogen and oxygen atoms in total. The maximum atomic E-state index is 14.6. The summed E-state index contributed by atoms with van der Waals surface area (Å²) in [6.45, 7) is 5.22. The quantitative estimate of drug-likeness (QED) is 0.310. The number of aromatic nitrogens is 1. The summed E-state index contributed by atoms with van der Waals surface area (Å²) >= 11 is 1.09. The van der Waals surface area contributed by atoms with Crippen molar-refractivity contribution in [2.75, 3.05) is 12.0 Å². The molecule has 0 fully saturated rings. The maximum Gasteiger partial charge on any atom is 0.338 e. The van der Waals surface area contributed by atoms with Crippen molar-refractivity contribution in [1.82, 2.24) is 4.57 Å². The van der Waals surface area contributed by atoms with Crippen molar-refractivity contribution >= 4 is 34.5 Å². The fourth-order valence-electron chi connectivity index (χ4n) is 5.47. The topological polar surface area (TPSA) is 90.2 Å². The summed E-state index contributed by atoms with van der Waals surface area (Å²) in [5.74, 6) is -0.788. The second-order valence-corrected chi connectivity index (χ2v) is 11.5. The van der Waals surface area contributed by atoms with Gasteiger partial charge in [0.25, 0.3) is 11.5 Å². The van der Waals surface area contributed by atoms with Gasteiger partial charge < -0.3 is 14.4 Å². The van der Waals surface area contributed by atoms with Crippen LogP contribution in [0.3, 0.4) is 0 Å². The molecule has 1 aromatic heterocycles. The largest absolute Gasteiger partial charge is 0.497 e. The third-order valence-corrected chi connectivity index (χ3v) is 8.48. The lowest BCUT2D eigenvalue weighted by molar-refractivity contribution is -0.143. The Hall–Kier alpha value is -4.83. The highest BCUT2D eigenvalue weighted by molar-refractivity contribution is 7.07. The summed E-state index contributed by atoms with van der Waals surface area (Å²) in [4.78, 5) is 48.2. The van der Waals surface area contributed by atoms with E-state index in [1.54, 1.807) is 94.6 Å². The summed E-state index contributed by atoms with van der Waals surface area (Å²) in [5, 5.41) is 0. The van der Waals surface area contributed by atoms with Gasteiger partial charge in [0.2, 0.25) is 0 Å². The number of carbonyl (C=O) groups excluding carboxylic acids is 2. The molecule has 0 saturated heterocycles. The van der Waals surface area contributed by atoms with Gasteiger partial charge in [-0.15, -0.1) is 0 Å². The number of benzene rings is 3. The zero-order chi connectivity index (χ0) is 30.4. The second-order valence-electron chi connectivity index (χ2n) is 10.5. The molecule has 3 aromatic carbocycles. The Labute approximate surface area is 250 Å². The fourth-order valence-corrected chi connectivity index (χ4v) is 6.60. The van der Waals surface area contributed by atoms with E-state index >= 15 is 0 Å². The van der Waals surface area contributed by atoms with Gasteiger partial charge in [-0.05, 0) is 50.6 Å². The molecule has 43 heavy (non-hydrogen) atoms. The number of carbonyl (C=O) groups is 2. The Morgan fingerprint density at radius 1 is 1.02 bits per heavy atom. The van der Waals surface area contributed by atoms with Crippen LogP contribution in [0, 0.1) is 5.82 Å². The standard InChI is InChI=1S/C33H28FN3O5S/c1-18(2)42-32(40)26-19(3)35-33-37(28(26)20-13-15-22(41-4)16-14-20)31(39)29(43-33)27-23-10-6-8-12-25(23)36(30(27)38)17-21-9-5-7-11-24(21)34/h5-16,18,28H,17H2,1-4H3/b29-27-/t28-/m1/s1. The molecule has 218 valence electrons. The first kappa shape index (κ1) is 28.3. The zero-order valence-electron chi connectivity index (χ0n) is 24.0. The number of thiazole rings is 1. The number of ether oxygens (including phenoxy) is 2. The van der Waals surface area contributed by atoms with E-state index in [9.17, 15) is 18.8 Å². The van der Waals surface area contributed by atoms with E-state index in [1.807, 2.05) is 0 Å². The van der Waals surface area contributed by atoms with Gasteiger partial charge in [-0.3, -0.25) is 14.2 Å². The van der Waals surface area contributed by atoms with Crippen LogP contribution in [-0.4, -0.2) is 29.7 Å². The van der Waals surface area contributed by atoms with Crippen LogP contribution in [0.15, 0.2) is 93.9 Å². The average molecular weight is 598 g/mol. The van der Waals surface area contributed by atoms with Gasteiger partial charge in [0.05, 0.1) is 48.3 Å². The Kier molecular flexibility index (Phi) is 7.31. The molecule has 4 aromatic rings. The second kappa shape index (κ2) is 11.1. The van der Waals surface area contributed by atoms with Crippen molar-refractivity contribution in [2.45, 2.75) is 39.5 Å². The van der Waals surface area contributed by atoms with Crippen LogP contribution in [0.5, 0.6) is 5.75 Å². The number of rotatable bonds is 6. The first-order valence-electron chi connectivity index (χ1n) is 13.7. The summed E-state index contributed by atoms with van der Waals surface area (Å²) in [6.07, 6.45) is -0.385. The Morgan fingerprint density at radius 3 is 2.42 bits per heavy atom. The molecule has 2 aliphatic rings. The van der Waals surface area contributed by atoms with E-state index in [0.29, 0.717) is 38.6 Å². The van der Waals surface area contributed by atoms with Crippen LogP contribution in [0.25, 0.3) is 5.57 Å². The molecule has 0 aliphatic carbocycles. The van der Waals surface area contributed by atoms with Gasteiger partial charge in [-0.1, -0.05) is 59.9 Å². The molecule has 0 unspecified atom stereocenters. The lowest BCUT2D eigenvalue weighted by Gasteiger charge is -2.25. The van der Waals surface area contributed by atoms with Crippen molar-refractivity contribution in [3.8, 4) is 5.75 Å². The van der Waals surface area contributed by atoms with E-state index < -0.39 is 29.3 Å². The highest BCUT2D eigenvalue weighted by Gasteiger charge is 2.37. The van der Waals surface area contributed by atoms with Crippen molar-refractivity contribution in [1.29, 1.82) is 0 Å². The third-order valence-electron chi connectivity index (χ3n) is 7.43. The maximum absolute atomic E-state index is 14.6. The van der Waals surface area contributed by atoms with E-state index in [0.717, 1.165) is 11.3 Å². The number of amides is 1. The minimum absolute atomic E-state index is 0.00312. The molecule has 1 atom stereocenters. The molecule has 0 bridgehead atoms. The van der Waals surface area contributed by atoms with Crippen LogP contribution < -0.4 is 24.5 Å². The molecule has 6 rings (SSSR count). The minimum atomic E-state index is -0.843. The van der Waals surface area contributed by atoms with Crippen LogP contribution in [-0.2, 0) is 20.9 Å². The predicted molar refractivity (Wildman–Crippen MR) is 161 cm³/mol. The molecule has 0 saturated carbocycles. The smallest absolute Gasteiger partial charge is 0.338 e. The van der Waals surface area contributed by atoms with Crippen LogP contribution in [0.2, 0.25) is 0 Å². The number of anilines is 1. The van der Waals surface area contributed by atoms with Crippen molar-refractivity contribution in [2.24, 2.45) is 4.99 Å². The van der Waals surface area contributed by atoms with Crippen LogP contribution in [0.1, 0.15) is 43.5 Å². The Bertz CT molecular complexity index is 1990. The monoisotopic (exact) mass is 597 g/mol. The summed E-state index contributed by atoms with van der Waals surface area (Å²) < 4.78 is 27.1. The van der Waals surface area contributed by atoms with Gasteiger partial charge in [-0.25, -0.2) is 14.2 Å². The third kappa shape index (κ3) is 4.87. The molecule has 1 amide bonds. The molecule has 2 aliphatic heterocycles. The van der Waals surface area contributed by atoms with E-state index in [1.165, 1.54) is 15.5 Å². The number of halogens is 1. The first-order chi connectivity index (χ1) is 20.7. The highest BCUT2D eigenvalue weighted by atomic mass is 32.1. The van der Waals surface area contributed by atoms with Crippen LogP contribution >= 0.6 is 11.3 Å². The SMILES string of the molecule is COc1ccc([C@@H]2C(C(=O)OC(C)C)=C(C)N=c3s/c(=C4\C(=O)N(Cc5ccccc5F)c5ccccc54)c(=O)n32)cc1. The van der Waals surface area contributed by atoms with Crippen LogP contribution in [0.4, 0.5) is 10.1 Å². The molecule has 0 N–H and O–H groups in total. The molecule has 0 radical (unpaired) electrons. The minimum Gasteiger partial charge on any atom is -0.497 e. The van der Waals surface area contributed by atoms with E-state index in [-0.39, 0.29) is 28.3 Å². The summed E-state index contributed by atoms with van der Waals surface area (Å²) in [5.41, 5.74) is 2.59. The van der Waals surface area contributed by atoms with E-state index in [2.05, 4.69) is 4.99 Å².